The summed E-state index contributed by atoms with van der Waals surface area (Å²) in [5.41, 5.74) is 1.04. The number of carboxylic acids is 1. The van der Waals surface area contributed by atoms with Crippen LogP contribution in [-0.4, -0.2) is 42.8 Å². The molecule has 0 heterocycles. The van der Waals surface area contributed by atoms with Gasteiger partial charge < -0.3 is 19.9 Å². The van der Waals surface area contributed by atoms with Crippen LogP contribution in [0.25, 0.3) is 0 Å². The molecule has 1 fully saturated rings. The predicted molar refractivity (Wildman–Crippen MR) is 98.7 cm³/mol. The summed E-state index contributed by atoms with van der Waals surface area (Å²) < 4.78 is 11.2. The third-order valence-corrected chi connectivity index (χ3v) is 4.80. The Bertz CT molecular complexity index is 608. The quantitative estimate of drug-likeness (QED) is 0.693. The molecule has 0 spiro atoms. The lowest BCUT2D eigenvalue weighted by Crippen LogP contribution is -2.37. The molecule has 0 aromatic heterocycles. The number of hydrogen-bond donors (Lipinski definition) is 2. The van der Waals surface area contributed by atoms with Crippen molar-refractivity contribution < 1.29 is 24.2 Å². The van der Waals surface area contributed by atoms with E-state index in [1.165, 1.54) is 38.9 Å². The average molecular weight is 363 g/mol. The van der Waals surface area contributed by atoms with Crippen molar-refractivity contribution in [3.05, 3.63) is 29.3 Å². The molecule has 6 nitrogen and oxygen atoms in total. The van der Waals surface area contributed by atoms with Gasteiger partial charge in [-0.25, -0.2) is 4.79 Å². The molecule has 0 radical (unpaired) electrons. The minimum atomic E-state index is -0.993. The van der Waals surface area contributed by atoms with Gasteiger partial charge in [-0.3, -0.25) is 4.79 Å². The molecular formula is C20H29NO5. The number of amides is 1. The smallest absolute Gasteiger partial charge is 0.335 e. The van der Waals surface area contributed by atoms with Gasteiger partial charge in [0.1, 0.15) is 11.9 Å². The van der Waals surface area contributed by atoms with Crippen molar-refractivity contribution in [2.45, 2.75) is 64.1 Å². The zero-order valence-corrected chi connectivity index (χ0v) is 15.6. The number of rotatable bonds is 8. The molecule has 6 heteroatoms. The largest absolute Gasteiger partial charge is 0.496 e. The number of ether oxygens (including phenoxy) is 2. The summed E-state index contributed by atoms with van der Waals surface area (Å²) in [4.78, 5) is 23.3. The number of benzene rings is 1. The fourth-order valence-corrected chi connectivity index (χ4v) is 3.28. The van der Waals surface area contributed by atoms with Crippen LogP contribution in [0.15, 0.2) is 18.2 Å². The van der Waals surface area contributed by atoms with Crippen molar-refractivity contribution in [3.8, 4) is 5.75 Å². The third kappa shape index (κ3) is 6.02. The molecule has 1 aliphatic carbocycles. The summed E-state index contributed by atoms with van der Waals surface area (Å²) in [5.74, 6) is -0.593. The van der Waals surface area contributed by atoms with Crippen LogP contribution in [0.1, 0.15) is 61.4 Å². The maximum Gasteiger partial charge on any atom is 0.335 e. The summed E-state index contributed by atoms with van der Waals surface area (Å²) in [6.07, 6.45) is 7.19. The van der Waals surface area contributed by atoms with E-state index in [1.807, 2.05) is 0 Å². The lowest BCUT2D eigenvalue weighted by Gasteiger charge is -2.20. The van der Waals surface area contributed by atoms with Crippen molar-refractivity contribution in [1.82, 2.24) is 5.32 Å². The normalized spacial score (nSPS) is 16.5. The Morgan fingerprint density at radius 2 is 1.92 bits per heavy atom. The van der Waals surface area contributed by atoms with Gasteiger partial charge in [0, 0.05) is 6.54 Å². The number of aromatic carboxylic acids is 1. The number of carbonyl (C=O) groups is 2. The van der Waals surface area contributed by atoms with Crippen molar-refractivity contribution in [1.29, 1.82) is 0 Å². The Labute approximate surface area is 154 Å². The Morgan fingerprint density at radius 1 is 1.23 bits per heavy atom. The summed E-state index contributed by atoms with van der Waals surface area (Å²) in [7, 11) is 1.51. The highest BCUT2D eigenvalue weighted by molar-refractivity contribution is 5.88. The highest BCUT2D eigenvalue weighted by atomic mass is 16.5. The van der Waals surface area contributed by atoms with E-state index in [9.17, 15) is 9.59 Å². The van der Waals surface area contributed by atoms with Crippen LogP contribution in [0, 0.1) is 0 Å². The molecule has 144 valence electrons. The lowest BCUT2D eigenvalue weighted by atomic mass is 10.1. The first kappa shape index (κ1) is 20.2. The van der Waals surface area contributed by atoms with Gasteiger partial charge in [-0.15, -0.1) is 0 Å². The number of hydrogen-bond acceptors (Lipinski definition) is 4. The van der Waals surface area contributed by atoms with E-state index in [1.54, 1.807) is 19.1 Å². The molecule has 1 atom stereocenters. The van der Waals surface area contributed by atoms with E-state index >= 15 is 0 Å². The van der Waals surface area contributed by atoms with Crippen molar-refractivity contribution in [2.75, 3.05) is 13.7 Å². The van der Waals surface area contributed by atoms with Crippen LogP contribution in [0.2, 0.25) is 0 Å². The second-order valence-electron chi connectivity index (χ2n) is 6.76. The molecule has 1 aromatic rings. The van der Waals surface area contributed by atoms with Gasteiger partial charge in [0.05, 0.1) is 18.8 Å². The summed E-state index contributed by atoms with van der Waals surface area (Å²) in [6.45, 7) is 2.24. The zero-order chi connectivity index (χ0) is 18.9. The second-order valence-corrected chi connectivity index (χ2v) is 6.76. The van der Waals surface area contributed by atoms with Gasteiger partial charge >= 0.3 is 5.97 Å². The van der Waals surface area contributed by atoms with E-state index in [0.29, 0.717) is 18.7 Å². The molecular weight excluding hydrogens is 334 g/mol. The Hall–Kier alpha value is -2.08. The maximum atomic E-state index is 12.2. The number of carboxylic acid groups (broad SMARTS) is 1. The van der Waals surface area contributed by atoms with E-state index in [0.717, 1.165) is 18.4 Å². The van der Waals surface area contributed by atoms with Gasteiger partial charge in [0.15, 0.2) is 0 Å². The van der Waals surface area contributed by atoms with E-state index in [-0.39, 0.29) is 17.6 Å². The maximum absolute atomic E-state index is 12.2. The topological polar surface area (TPSA) is 84.9 Å². The molecule has 1 saturated carbocycles. The highest BCUT2D eigenvalue weighted by Gasteiger charge is 2.20. The minimum absolute atomic E-state index is 0.115. The van der Waals surface area contributed by atoms with E-state index in [4.69, 9.17) is 14.6 Å². The van der Waals surface area contributed by atoms with Crippen LogP contribution in [0.5, 0.6) is 5.75 Å². The first-order valence-corrected chi connectivity index (χ1v) is 9.34. The molecule has 1 aromatic carbocycles. The monoisotopic (exact) mass is 363 g/mol. The van der Waals surface area contributed by atoms with E-state index in [2.05, 4.69) is 5.32 Å². The first-order valence-electron chi connectivity index (χ1n) is 9.34. The minimum Gasteiger partial charge on any atom is -0.496 e. The SMILES string of the molecule is COc1cc(C(=O)O)ccc1CCNC(=O)C(C)OC1CCCCCC1. The van der Waals surface area contributed by atoms with E-state index < -0.39 is 12.1 Å². The summed E-state index contributed by atoms with van der Waals surface area (Å²) in [5, 5.41) is 11.9. The Morgan fingerprint density at radius 3 is 2.54 bits per heavy atom. The lowest BCUT2D eigenvalue weighted by molar-refractivity contribution is -0.135. The van der Waals surface area contributed by atoms with Crippen LogP contribution >= 0.6 is 0 Å². The van der Waals surface area contributed by atoms with Gasteiger partial charge in [-0.1, -0.05) is 31.7 Å². The van der Waals surface area contributed by atoms with Crippen molar-refractivity contribution >= 4 is 11.9 Å². The van der Waals surface area contributed by atoms with Crippen molar-refractivity contribution in [3.63, 3.8) is 0 Å². The van der Waals surface area contributed by atoms with Gasteiger partial charge in [-0.2, -0.15) is 0 Å². The molecule has 0 saturated heterocycles. The van der Waals surface area contributed by atoms with Crippen LogP contribution in [-0.2, 0) is 16.0 Å². The zero-order valence-electron chi connectivity index (χ0n) is 15.6. The fourth-order valence-electron chi connectivity index (χ4n) is 3.28. The number of nitrogens with one attached hydrogen (secondary N) is 1. The number of carbonyl (C=O) groups excluding carboxylic acids is 1. The third-order valence-electron chi connectivity index (χ3n) is 4.80. The van der Waals surface area contributed by atoms with Gasteiger partial charge in [0.25, 0.3) is 0 Å². The summed E-state index contributed by atoms with van der Waals surface area (Å²) >= 11 is 0. The Balaban J connectivity index is 1.80. The van der Waals surface area contributed by atoms with Crippen LogP contribution in [0.3, 0.4) is 0 Å². The molecule has 0 bridgehead atoms. The fraction of sp³-hybridized carbons (Fsp3) is 0.600. The van der Waals surface area contributed by atoms with Crippen molar-refractivity contribution in [2.24, 2.45) is 0 Å². The van der Waals surface area contributed by atoms with Gasteiger partial charge in [0.2, 0.25) is 5.91 Å². The van der Waals surface area contributed by atoms with Gasteiger partial charge in [-0.05, 0) is 43.9 Å². The predicted octanol–water partition coefficient (Wildman–Crippen LogP) is 3.18. The molecule has 2 rings (SSSR count). The first-order chi connectivity index (χ1) is 12.5. The molecule has 1 amide bonds. The number of methoxy groups -OCH3 is 1. The van der Waals surface area contributed by atoms with Crippen LogP contribution < -0.4 is 10.1 Å². The molecule has 1 aliphatic rings. The molecule has 1 unspecified atom stereocenters. The standard InChI is InChI=1S/C20H29NO5/c1-14(26-17-7-5-3-4-6-8-17)19(22)21-12-11-15-9-10-16(20(23)24)13-18(15)25-2/h9-10,13-14,17H,3-8,11-12H2,1-2H3,(H,21,22)(H,23,24). The van der Waals surface area contributed by atoms with Crippen LogP contribution in [0.4, 0.5) is 0 Å². The molecule has 2 N–H and O–H groups in total. The summed E-state index contributed by atoms with van der Waals surface area (Å²) in [6, 6.07) is 4.76. The Kier molecular flexibility index (Phi) is 7.91. The highest BCUT2D eigenvalue weighted by Crippen LogP contribution is 2.22. The second kappa shape index (κ2) is 10.2. The average Bonchev–Trinajstić information content (AvgIpc) is 2.90. The molecule has 26 heavy (non-hydrogen) atoms. The molecule has 0 aliphatic heterocycles.